The molecule has 2 fully saturated rings. The summed E-state index contributed by atoms with van der Waals surface area (Å²) >= 11 is 6.05. The molecule has 0 radical (unpaired) electrons. The number of carbonyl (C=O) groups excluding carboxylic acids is 3. The van der Waals surface area contributed by atoms with Crippen LogP contribution >= 0.6 is 11.6 Å². The molecule has 2 bridgehead atoms. The molecule has 1 aromatic carbocycles. The maximum atomic E-state index is 12.6. The number of amides is 3. The number of rotatable bonds is 4. The molecule has 1 N–H and O–H groups in total. The van der Waals surface area contributed by atoms with Gasteiger partial charge in [-0.2, -0.15) is 0 Å². The van der Waals surface area contributed by atoms with E-state index in [1.807, 2.05) is 6.92 Å². The van der Waals surface area contributed by atoms with E-state index in [0.717, 1.165) is 12.0 Å². The predicted octanol–water partition coefficient (Wildman–Crippen LogP) is 2.78. The number of fused-ring (bicyclic) bond motifs is 5. The van der Waals surface area contributed by atoms with Gasteiger partial charge in [-0.05, 0) is 42.9 Å². The molecule has 4 rings (SSSR count). The Labute approximate surface area is 151 Å². The summed E-state index contributed by atoms with van der Waals surface area (Å²) in [6, 6.07) is 5.30. The molecule has 1 heterocycles. The van der Waals surface area contributed by atoms with Gasteiger partial charge in [0, 0.05) is 23.7 Å². The fourth-order valence-electron chi connectivity index (χ4n) is 4.35. The Morgan fingerprint density at radius 1 is 1.20 bits per heavy atom. The molecule has 1 saturated carbocycles. The lowest BCUT2D eigenvalue weighted by Gasteiger charge is -2.17. The first-order valence-electron chi connectivity index (χ1n) is 8.56. The molecule has 3 aliphatic rings. The van der Waals surface area contributed by atoms with Crippen molar-refractivity contribution >= 4 is 35.0 Å². The molecule has 0 aromatic heterocycles. The monoisotopic (exact) mass is 358 g/mol. The molecular weight excluding hydrogens is 340 g/mol. The lowest BCUT2D eigenvalue weighted by atomic mass is 9.85. The Morgan fingerprint density at radius 2 is 1.84 bits per heavy atom. The number of imide groups is 1. The average Bonchev–Trinajstić information content (AvgIpc) is 3.25. The zero-order valence-electron chi connectivity index (χ0n) is 13.9. The number of hydrogen-bond donors (Lipinski definition) is 1. The molecule has 2 aliphatic carbocycles. The molecule has 1 saturated heterocycles. The van der Waals surface area contributed by atoms with Crippen LogP contribution in [0.3, 0.4) is 0 Å². The smallest absolute Gasteiger partial charge is 0.233 e. The van der Waals surface area contributed by atoms with Gasteiger partial charge in [-0.1, -0.05) is 29.8 Å². The van der Waals surface area contributed by atoms with Crippen molar-refractivity contribution in [2.24, 2.45) is 23.7 Å². The van der Waals surface area contributed by atoms with Crippen LogP contribution in [0.5, 0.6) is 0 Å². The van der Waals surface area contributed by atoms with Crippen molar-refractivity contribution in [3.63, 3.8) is 0 Å². The van der Waals surface area contributed by atoms with Crippen molar-refractivity contribution in [1.29, 1.82) is 0 Å². The summed E-state index contributed by atoms with van der Waals surface area (Å²) in [5.74, 6) is -0.485. The first kappa shape index (κ1) is 16.3. The number of nitrogens with zero attached hydrogens (tertiary/aromatic N) is 1. The highest BCUT2D eigenvalue weighted by Crippen LogP contribution is 2.52. The van der Waals surface area contributed by atoms with Crippen molar-refractivity contribution in [1.82, 2.24) is 4.90 Å². The minimum Gasteiger partial charge on any atom is -0.326 e. The van der Waals surface area contributed by atoms with Crippen LogP contribution in [-0.2, 0) is 14.4 Å². The van der Waals surface area contributed by atoms with Crippen LogP contribution in [0.1, 0.15) is 18.4 Å². The Kier molecular flexibility index (Phi) is 3.91. The Morgan fingerprint density at radius 3 is 2.48 bits per heavy atom. The zero-order chi connectivity index (χ0) is 17.7. The van der Waals surface area contributed by atoms with E-state index in [0.29, 0.717) is 10.7 Å². The van der Waals surface area contributed by atoms with Gasteiger partial charge in [0.05, 0.1) is 11.8 Å². The van der Waals surface area contributed by atoms with E-state index >= 15 is 0 Å². The molecule has 130 valence electrons. The van der Waals surface area contributed by atoms with Gasteiger partial charge >= 0.3 is 0 Å². The molecule has 0 spiro atoms. The number of nitrogens with one attached hydrogen (secondary N) is 1. The number of allylic oxidation sites excluding steroid dienone is 2. The van der Waals surface area contributed by atoms with Crippen molar-refractivity contribution in [3.05, 3.63) is 40.9 Å². The van der Waals surface area contributed by atoms with Crippen molar-refractivity contribution in [2.45, 2.75) is 19.8 Å². The number of halogens is 1. The van der Waals surface area contributed by atoms with Crippen molar-refractivity contribution in [2.75, 3.05) is 11.9 Å². The van der Waals surface area contributed by atoms with Gasteiger partial charge in [0.1, 0.15) is 0 Å². The van der Waals surface area contributed by atoms with Crippen molar-refractivity contribution in [3.8, 4) is 0 Å². The van der Waals surface area contributed by atoms with Crippen LogP contribution in [0.15, 0.2) is 30.4 Å². The molecule has 6 heteroatoms. The van der Waals surface area contributed by atoms with E-state index in [1.165, 1.54) is 4.90 Å². The first-order chi connectivity index (χ1) is 12.0. The summed E-state index contributed by atoms with van der Waals surface area (Å²) in [7, 11) is 0. The Hall–Kier alpha value is -2.14. The number of benzene rings is 1. The standard InChI is InChI=1S/C19H19ClN2O3/c1-10-13(20)3-2-4-14(10)21-15(23)7-8-22-18(24)16-11-5-6-12(9-11)17(16)19(22)25/h2-6,11-12,16-17H,7-9H2,1H3,(H,21,23)/t11-,12-,16-,17-/m0/s1. The van der Waals surface area contributed by atoms with Crippen LogP contribution < -0.4 is 5.32 Å². The zero-order valence-corrected chi connectivity index (χ0v) is 14.6. The predicted molar refractivity (Wildman–Crippen MR) is 93.9 cm³/mol. The van der Waals surface area contributed by atoms with Crippen LogP contribution in [0.2, 0.25) is 5.02 Å². The third-order valence-electron chi connectivity index (χ3n) is 5.67. The molecule has 4 atom stereocenters. The van der Waals surface area contributed by atoms with E-state index in [2.05, 4.69) is 17.5 Å². The molecular formula is C19H19ClN2O3. The Balaban J connectivity index is 1.39. The number of anilines is 1. The van der Waals surface area contributed by atoms with Crippen LogP contribution in [0.25, 0.3) is 0 Å². The second kappa shape index (κ2) is 5.99. The normalized spacial score (nSPS) is 29.4. The van der Waals surface area contributed by atoms with Gasteiger partial charge in [0.25, 0.3) is 0 Å². The first-order valence-corrected chi connectivity index (χ1v) is 8.93. The van der Waals surface area contributed by atoms with Crippen LogP contribution in [0.4, 0.5) is 5.69 Å². The molecule has 0 unspecified atom stereocenters. The number of carbonyl (C=O) groups is 3. The molecule has 5 nitrogen and oxygen atoms in total. The Bertz CT molecular complexity index is 774. The number of hydrogen-bond acceptors (Lipinski definition) is 3. The third kappa shape index (κ3) is 2.58. The van der Waals surface area contributed by atoms with E-state index in [-0.39, 0.29) is 54.4 Å². The van der Waals surface area contributed by atoms with E-state index in [9.17, 15) is 14.4 Å². The van der Waals surface area contributed by atoms with E-state index < -0.39 is 0 Å². The lowest BCUT2D eigenvalue weighted by molar-refractivity contribution is -0.140. The third-order valence-corrected chi connectivity index (χ3v) is 6.08. The highest BCUT2D eigenvalue weighted by Gasteiger charge is 2.58. The van der Waals surface area contributed by atoms with E-state index in [4.69, 9.17) is 11.6 Å². The van der Waals surface area contributed by atoms with Gasteiger partial charge in [-0.3, -0.25) is 19.3 Å². The summed E-state index contributed by atoms with van der Waals surface area (Å²) in [6.45, 7) is 1.96. The second-order valence-electron chi connectivity index (χ2n) is 7.04. The number of likely N-dealkylation sites (tertiary alicyclic amines) is 1. The molecule has 1 aliphatic heterocycles. The van der Waals surface area contributed by atoms with Crippen LogP contribution in [0, 0.1) is 30.6 Å². The summed E-state index contributed by atoms with van der Waals surface area (Å²) in [6.07, 6.45) is 5.13. The topological polar surface area (TPSA) is 66.5 Å². The highest BCUT2D eigenvalue weighted by atomic mass is 35.5. The summed E-state index contributed by atoms with van der Waals surface area (Å²) in [5.41, 5.74) is 1.44. The fraction of sp³-hybridized carbons (Fsp3) is 0.421. The maximum absolute atomic E-state index is 12.6. The average molecular weight is 359 g/mol. The minimum absolute atomic E-state index is 0.0889. The quantitative estimate of drug-likeness (QED) is 0.664. The van der Waals surface area contributed by atoms with E-state index in [1.54, 1.807) is 18.2 Å². The largest absolute Gasteiger partial charge is 0.326 e. The summed E-state index contributed by atoms with van der Waals surface area (Å²) in [4.78, 5) is 38.7. The van der Waals surface area contributed by atoms with Gasteiger partial charge in [0.2, 0.25) is 17.7 Å². The molecule has 1 aromatic rings. The maximum Gasteiger partial charge on any atom is 0.233 e. The minimum atomic E-state index is -0.232. The van der Waals surface area contributed by atoms with Gasteiger partial charge < -0.3 is 5.32 Å². The lowest BCUT2D eigenvalue weighted by Crippen LogP contribution is -2.35. The highest BCUT2D eigenvalue weighted by molar-refractivity contribution is 6.31. The van der Waals surface area contributed by atoms with Crippen molar-refractivity contribution < 1.29 is 14.4 Å². The van der Waals surface area contributed by atoms with Gasteiger partial charge in [0.15, 0.2) is 0 Å². The van der Waals surface area contributed by atoms with Gasteiger partial charge in [-0.25, -0.2) is 0 Å². The second-order valence-corrected chi connectivity index (χ2v) is 7.45. The molecule has 3 amide bonds. The van der Waals surface area contributed by atoms with Gasteiger partial charge in [-0.15, -0.1) is 0 Å². The summed E-state index contributed by atoms with van der Waals surface area (Å²) in [5, 5.41) is 3.38. The summed E-state index contributed by atoms with van der Waals surface area (Å²) < 4.78 is 0. The van der Waals surface area contributed by atoms with Crippen LogP contribution in [-0.4, -0.2) is 29.2 Å². The molecule has 25 heavy (non-hydrogen) atoms. The fourth-order valence-corrected chi connectivity index (χ4v) is 4.53. The SMILES string of the molecule is Cc1c(Cl)cccc1NC(=O)CCN1C(=O)[C@@H]2[C@@H](C1=O)[C@H]1C=C[C@H]2C1.